The molecule has 0 unspecified atom stereocenters. The number of hydrogen-bond acceptors (Lipinski definition) is 3. The van der Waals surface area contributed by atoms with E-state index in [2.05, 4.69) is 22.5 Å². The zero-order chi connectivity index (χ0) is 12.3. The van der Waals surface area contributed by atoms with Crippen molar-refractivity contribution in [2.45, 2.75) is 18.1 Å². The number of sulfonamides is 1. The number of halogens is 1. The van der Waals surface area contributed by atoms with Gasteiger partial charge in [0.2, 0.25) is 0 Å². The molecule has 6 heteroatoms. The molecular formula is C10H14BrNO2S2. The molecule has 90 valence electrons. The first-order chi connectivity index (χ1) is 7.37. The third kappa shape index (κ3) is 3.16. The second kappa shape index (κ2) is 5.44. The van der Waals surface area contributed by atoms with Crippen LogP contribution in [-0.2, 0) is 10.0 Å². The maximum Gasteiger partial charge on any atom is 0.252 e. The van der Waals surface area contributed by atoms with Crippen molar-refractivity contribution in [3.63, 3.8) is 0 Å². The largest absolute Gasteiger partial charge is 0.252 e. The van der Waals surface area contributed by atoms with Crippen LogP contribution in [0.15, 0.2) is 32.3 Å². The standard InChI is InChI=1S/C10H14BrNO2S2/c1-4-12(7-8(2)3)16(13,14)10-6-5-9(11)15-10/h5-6H,2,4,7H2,1,3H3. The van der Waals surface area contributed by atoms with Crippen molar-refractivity contribution in [3.05, 3.63) is 28.1 Å². The summed E-state index contributed by atoms with van der Waals surface area (Å²) < 4.78 is 27.0. The van der Waals surface area contributed by atoms with Crippen LogP contribution < -0.4 is 0 Å². The highest BCUT2D eigenvalue weighted by Gasteiger charge is 2.24. The number of thiophene rings is 1. The molecule has 0 radical (unpaired) electrons. The van der Waals surface area contributed by atoms with Crippen LogP contribution in [0.25, 0.3) is 0 Å². The van der Waals surface area contributed by atoms with Gasteiger partial charge in [-0.3, -0.25) is 0 Å². The zero-order valence-electron chi connectivity index (χ0n) is 9.23. The normalized spacial score (nSPS) is 12.0. The zero-order valence-corrected chi connectivity index (χ0v) is 12.5. The van der Waals surface area contributed by atoms with Crippen molar-refractivity contribution in [1.82, 2.24) is 4.31 Å². The summed E-state index contributed by atoms with van der Waals surface area (Å²) in [5.74, 6) is 0. The summed E-state index contributed by atoms with van der Waals surface area (Å²) in [5, 5.41) is 0. The Balaban J connectivity index is 3.04. The fraction of sp³-hybridized carbons (Fsp3) is 0.400. The molecule has 1 rings (SSSR count). The highest BCUT2D eigenvalue weighted by Crippen LogP contribution is 2.28. The highest BCUT2D eigenvalue weighted by molar-refractivity contribution is 9.11. The second-order valence-corrected chi connectivity index (χ2v) is 8.07. The van der Waals surface area contributed by atoms with Gasteiger partial charge in [0, 0.05) is 13.1 Å². The van der Waals surface area contributed by atoms with E-state index in [1.807, 2.05) is 13.8 Å². The maximum atomic E-state index is 12.2. The average molecular weight is 324 g/mol. The Hall–Kier alpha value is -0.170. The summed E-state index contributed by atoms with van der Waals surface area (Å²) in [6, 6.07) is 3.36. The molecule has 0 aromatic carbocycles. The minimum atomic E-state index is -3.36. The average Bonchev–Trinajstić information content (AvgIpc) is 2.61. The van der Waals surface area contributed by atoms with Crippen molar-refractivity contribution in [3.8, 4) is 0 Å². The van der Waals surface area contributed by atoms with E-state index in [0.717, 1.165) is 9.36 Å². The Morgan fingerprint density at radius 1 is 1.56 bits per heavy atom. The molecule has 0 fully saturated rings. The van der Waals surface area contributed by atoms with Crippen LogP contribution in [0, 0.1) is 0 Å². The molecular weight excluding hydrogens is 310 g/mol. The first-order valence-corrected chi connectivity index (χ1v) is 7.82. The fourth-order valence-electron chi connectivity index (χ4n) is 1.23. The van der Waals surface area contributed by atoms with Gasteiger partial charge in [-0.15, -0.1) is 11.3 Å². The van der Waals surface area contributed by atoms with Crippen LogP contribution in [0.4, 0.5) is 0 Å². The van der Waals surface area contributed by atoms with Crippen molar-refractivity contribution in [1.29, 1.82) is 0 Å². The van der Waals surface area contributed by atoms with E-state index in [1.165, 1.54) is 15.6 Å². The Kier molecular flexibility index (Phi) is 4.73. The van der Waals surface area contributed by atoms with Crippen LogP contribution in [-0.4, -0.2) is 25.8 Å². The summed E-state index contributed by atoms with van der Waals surface area (Å²) in [4.78, 5) is 0. The van der Waals surface area contributed by atoms with E-state index in [1.54, 1.807) is 12.1 Å². The summed E-state index contributed by atoms with van der Waals surface area (Å²) in [7, 11) is -3.36. The molecule has 0 saturated carbocycles. The summed E-state index contributed by atoms with van der Waals surface area (Å²) in [6.07, 6.45) is 0. The van der Waals surface area contributed by atoms with E-state index in [9.17, 15) is 8.42 Å². The number of likely N-dealkylation sites (N-methyl/N-ethyl adjacent to an activating group) is 1. The highest BCUT2D eigenvalue weighted by atomic mass is 79.9. The predicted octanol–water partition coefficient (Wildman–Crippen LogP) is 3.10. The third-order valence-corrected chi connectivity index (χ3v) is 5.95. The molecule has 3 nitrogen and oxygen atoms in total. The minimum Gasteiger partial charge on any atom is -0.206 e. The fourth-order valence-corrected chi connectivity index (χ4v) is 4.90. The first kappa shape index (κ1) is 13.9. The van der Waals surface area contributed by atoms with Gasteiger partial charge in [0.05, 0.1) is 3.79 Å². The predicted molar refractivity (Wildman–Crippen MR) is 71.3 cm³/mol. The number of hydrogen-bond donors (Lipinski definition) is 0. The monoisotopic (exact) mass is 323 g/mol. The van der Waals surface area contributed by atoms with Gasteiger partial charge in [-0.05, 0) is 35.0 Å². The van der Waals surface area contributed by atoms with Crippen LogP contribution >= 0.6 is 27.3 Å². The lowest BCUT2D eigenvalue weighted by atomic mass is 10.3. The van der Waals surface area contributed by atoms with Crippen LogP contribution in [0.5, 0.6) is 0 Å². The van der Waals surface area contributed by atoms with Crippen LogP contribution in [0.3, 0.4) is 0 Å². The lowest BCUT2D eigenvalue weighted by Gasteiger charge is -2.19. The Bertz CT molecular complexity index is 479. The molecule has 1 heterocycles. The first-order valence-electron chi connectivity index (χ1n) is 4.77. The van der Waals surface area contributed by atoms with Gasteiger partial charge in [0.15, 0.2) is 0 Å². The van der Waals surface area contributed by atoms with Crippen molar-refractivity contribution in [2.24, 2.45) is 0 Å². The molecule has 0 atom stereocenters. The van der Waals surface area contributed by atoms with Crippen LogP contribution in [0.2, 0.25) is 0 Å². The lowest BCUT2D eigenvalue weighted by Crippen LogP contribution is -2.31. The molecule has 0 saturated heterocycles. The molecule has 16 heavy (non-hydrogen) atoms. The molecule has 0 aliphatic carbocycles. The summed E-state index contributed by atoms with van der Waals surface area (Å²) in [6.45, 7) is 8.21. The second-order valence-electron chi connectivity index (χ2n) is 3.45. The Labute approximate surface area is 109 Å². The van der Waals surface area contributed by atoms with Gasteiger partial charge < -0.3 is 0 Å². The van der Waals surface area contributed by atoms with E-state index in [-0.39, 0.29) is 0 Å². The number of rotatable bonds is 5. The van der Waals surface area contributed by atoms with Crippen molar-refractivity contribution < 1.29 is 8.42 Å². The van der Waals surface area contributed by atoms with Crippen LogP contribution in [0.1, 0.15) is 13.8 Å². The molecule has 1 aromatic heterocycles. The van der Waals surface area contributed by atoms with Gasteiger partial charge in [-0.1, -0.05) is 19.1 Å². The maximum absolute atomic E-state index is 12.2. The van der Waals surface area contributed by atoms with E-state index in [0.29, 0.717) is 17.3 Å². The van der Waals surface area contributed by atoms with Gasteiger partial charge >= 0.3 is 0 Å². The van der Waals surface area contributed by atoms with Crippen molar-refractivity contribution in [2.75, 3.05) is 13.1 Å². The minimum absolute atomic E-state index is 0.363. The van der Waals surface area contributed by atoms with Gasteiger partial charge in [-0.2, -0.15) is 4.31 Å². The molecule has 0 spiro atoms. The lowest BCUT2D eigenvalue weighted by molar-refractivity contribution is 0.454. The van der Waals surface area contributed by atoms with E-state index < -0.39 is 10.0 Å². The Morgan fingerprint density at radius 2 is 2.19 bits per heavy atom. The molecule has 0 N–H and O–H groups in total. The summed E-state index contributed by atoms with van der Waals surface area (Å²) >= 11 is 4.49. The van der Waals surface area contributed by atoms with E-state index in [4.69, 9.17) is 0 Å². The smallest absolute Gasteiger partial charge is 0.206 e. The molecule has 1 aromatic rings. The number of nitrogens with zero attached hydrogens (tertiary/aromatic N) is 1. The Morgan fingerprint density at radius 3 is 2.56 bits per heavy atom. The van der Waals surface area contributed by atoms with Gasteiger partial charge in [-0.25, -0.2) is 8.42 Å². The topological polar surface area (TPSA) is 37.4 Å². The molecule has 0 aliphatic rings. The molecule has 0 aliphatic heterocycles. The quantitative estimate of drug-likeness (QED) is 0.781. The molecule has 0 bridgehead atoms. The van der Waals surface area contributed by atoms with Gasteiger partial charge in [0.1, 0.15) is 4.21 Å². The third-order valence-electron chi connectivity index (χ3n) is 1.94. The van der Waals surface area contributed by atoms with E-state index >= 15 is 0 Å². The molecule has 0 amide bonds. The van der Waals surface area contributed by atoms with Gasteiger partial charge in [0.25, 0.3) is 10.0 Å². The summed E-state index contributed by atoms with van der Waals surface area (Å²) in [5.41, 5.74) is 0.834. The van der Waals surface area contributed by atoms with Crippen molar-refractivity contribution >= 4 is 37.3 Å². The SMILES string of the molecule is C=C(C)CN(CC)S(=O)(=O)c1ccc(Br)s1.